The molecular weight excluding hydrogens is 344 g/mol. The minimum atomic E-state index is 0.155. The Hall–Kier alpha value is -1.92. The summed E-state index contributed by atoms with van der Waals surface area (Å²) in [6.07, 6.45) is 4.33. The molecule has 2 N–H and O–H groups in total. The minimum Gasteiger partial charge on any atom is -0.373 e. The first-order chi connectivity index (χ1) is 12.8. The number of thiazole rings is 1. The molecule has 6 heteroatoms. The highest BCUT2D eigenvalue weighted by Gasteiger charge is 2.27. The van der Waals surface area contributed by atoms with Crippen LogP contribution in [0.3, 0.4) is 0 Å². The molecule has 3 rings (SSSR count). The second kappa shape index (κ2) is 9.69. The zero-order chi connectivity index (χ0) is 18.2. The van der Waals surface area contributed by atoms with Crippen molar-refractivity contribution in [3.63, 3.8) is 0 Å². The Morgan fingerprint density at radius 3 is 2.88 bits per heavy atom. The van der Waals surface area contributed by atoms with Crippen LogP contribution in [0.4, 0.5) is 0 Å². The fraction of sp³-hybridized carbons (Fsp3) is 0.500. The van der Waals surface area contributed by atoms with Crippen molar-refractivity contribution in [2.24, 2.45) is 10.9 Å². The molecule has 0 amide bonds. The van der Waals surface area contributed by atoms with Crippen LogP contribution in [0, 0.1) is 12.8 Å². The molecule has 26 heavy (non-hydrogen) atoms. The summed E-state index contributed by atoms with van der Waals surface area (Å²) in [5, 5.41) is 7.88. The first kappa shape index (κ1) is 18.9. The molecule has 0 saturated carbocycles. The summed E-state index contributed by atoms with van der Waals surface area (Å²) < 4.78 is 6.09. The van der Waals surface area contributed by atoms with Gasteiger partial charge in [-0.2, -0.15) is 0 Å². The van der Waals surface area contributed by atoms with Gasteiger partial charge in [0, 0.05) is 36.7 Å². The molecule has 0 spiro atoms. The van der Waals surface area contributed by atoms with Crippen molar-refractivity contribution >= 4 is 17.3 Å². The van der Waals surface area contributed by atoms with Crippen LogP contribution in [0.5, 0.6) is 0 Å². The maximum absolute atomic E-state index is 6.09. The summed E-state index contributed by atoms with van der Waals surface area (Å²) in [7, 11) is 0. The number of benzene rings is 1. The zero-order valence-electron chi connectivity index (χ0n) is 15.6. The smallest absolute Gasteiger partial charge is 0.191 e. The van der Waals surface area contributed by atoms with E-state index in [9.17, 15) is 0 Å². The van der Waals surface area contributed by atoms with Gasteiger partial charge >= 0.3 is 0 Å². The van der Waals surface area contributed by atoms with Crippen LogP contribution in [0.1, 0.15) is 41.3 Å². The van der Waals surface area contributed by atoms with Crippen LogP contribution < -0.4 is 10.6 Å². The summed E-state index contributed by atoms with van der Waals surface area (Å²) >= 11 is 1.70. The molecule has 0 aliphatic carbocycles. The van der Waals surface area contributed by atoms with Crippen molar-refractivity contribution < 1.29 is 4.74 Å². The summed E-state index contributed by atoms with van der Waals surface area (Å²) in [4.78, 5) is 10.3. The van der Waals surface area contributed by atoms with Crippen LogP contribution in [0.2, 0.25) is 0 Å². The average Bonchev–Trinajstić information content (AvgIpc) is 3.10. The number of ether oxygens (including phenoxy) is 1. The summed E-state index contributed by atoms with van der Waals surface area (Å²) in [5.41, 5.74) is 1.26. The standard InChI is InChI=1S/C20H28N4OS/c1-3-21-20(24-14-18-22-12-15(2)26-18)23-13-17-10-7-11-25-19(17)16-8-5-4-6-9-16/h4-6,8-9,12,17,19H,3,7,10-11,13-14H2,1-2H3,(H2,21,23,24). The van der Waals surface area contributed by atoms with Crippen LogP contribution >= 0.6 is 11.3 Å². The molecular formula is C20H28N4OS. The monoisotopic (exact) mass is 372 g/mol. The van der Waals surface area contributed by atoms with Crippen LogP contribution in [0.25, 0.3) is 0 Å². The molecule has 1 fully saturated rings. The predicted octanol–water partition coefficient (Wildman–Crippen LogP) is 3.67. The van der Waals surface area contributed by atoms with Gasteiger partial charge in [0.15, 0.2) is 5.96 Å². The van der Waals surface area contributed by atoms with E-state index in [1.54, 1.807) is 11.3 Å². The van der Waals surface area contributed by atoms with E-state index in [-0.39, 0.29) is 6.10 Å². The average molecular weight is 373 g/mol. The van der Waals surface area contributed by atoms with Crippen molar-refractivity contribution in [3.05, 3.63) is 52.0 Å². The molecule has 1 aromatic heterocycles. The molecule has 1 aromatic carbocycles. The van der Waals surface area contributed by atoms with E-state index in [2.05, 4.69) is 64.8 Å². The van der Waals surface area contributed by atoms with Crippen molar-refractivity contribution in [1.82, 2.24) is 15.6 Å². The first-order valence-corrected chi connectivity index (χ1v) is 10.2. The largest absolute Gasteiger partial charge is 0.373 e. The molecule has 2 unspecified atom stereocenters. The van der Waals surface area contributed by atoms with Crippen LogP contribution in [-0.2, 0) is 11.3 Å². The Balaban J connectivity index is 1.61. The van der Waals surface area contributed by atoms with Crippen molar-refractivity contribution in [3.8, 4) is 0 Å². The number of guanidine groups is 1. The van der Waals surface area contributed by atoms with Gasteiger partial charge in [0.05, 0.1) is 12.6 Å². The molecule has 1 saturated heterocycles. The SMILES string of the molecule is CCNC(=NCc1ncc(C)s1)NCC1CCCOC1c1ccccc1. The number of hydrogen-bond donors (Lipinski definition) is 2. The molecule has 1 aliphatic heterocycles. The highest BCUT2D eigenvalue weighted by atomic mass is 32.1. The fourth-order valence-corrected chi connectivity index (χ4v) is 3.97. The number of aliphatic imine (C=N–C) groups is 1. The Kier molecular flexibility index (Phi) is 7.03. The zero-order valence-corrected chi connectivity index (χ0v) is 16.4. The lowest BCUT2D eigenvalue weighted by Gasteiger charge is -2.32. The Morgan fingerprint density at radius 2 is 2.15 bits per heavy atom. The Labute approximate surface area is 159 Å². The van der Waals surface area contributed by atoms with Crippen LogP contribution in [-0.4, -0.2) is 30.6 Å². The Bertz CT molecular complexity index is 701. The third-order valence-electron chi connectivity index (χ3n) is 4.49. The van der Waals surface area contributed by atoms with E-state index < -0.39 is 0 Å². The van der Waals surface area contributed by atoms with Gasteiger partial charge in [0.2, 0.25) is 0 Å². The van der Waals surface area contributed by atoms with Crippen LogP contribution in [0.15, 0.2) is 41.5 Å². The van der Waals surface area contributed by atoms with E-state index >= 15 is 0 Å². The lowest BCUT2D eigenvalue weighted by molar-refractivity contribution is -0.0265. The van der Waals surface area contributed by atoms with E-state index in [0.29, 0.717) is 12.5 Å². The molecule has 0 bridgehead atoms. The lowest BCUT2D eigenvalue weighted by Crippen LogP contribution is -2.42. The molecule has 2 heterocycles. The number of nitrogens with one attached hydrogen (secondary N) is 2. The van der Waals surface area contributed by atoms with Gasteiger partial charge in [-0.3, -0.25) is 0 Å². The predicted molar refractivity (Wildman–Crippen MR) is 108 cm³/mol. The summed E-state index contributed by atoms with van der Waals surface area (Å²) in [6.45, 7) is 7.29. The number of aromatic nitrogens is 1. The molecule has 1 aliphatic rings. The number of nitrogens with zero attached hydrogens (tertiary/aromatic N) is 2. The van der Waals surface area contributed by atoms with Gasteiger partial charge in [-0.05, 0) is 32.3 Å². The molecule has 2 atom stereocenters. The third-order valence-corrected chi connectivity index (χ3v) is 5.39. The number of aryl methyl sites for hydroxylation is 1. The van der Waals surface area contributed by atoms with Gasteiger partial charge in [-0.15, -0.1) is 11.3 Å². The topological polar surface area (TPSA) is 58.5 Å². The molecule has 140 valence electrons. The maximum Gasteiger partial charge on any atom is 0.191 e. The molecule has 5 nitrogen and oxygen atoms in total. The summed E-state index contributed by atoms with van der Waals surface area (Å²) in [6, 6.07) is 10.5. The Morgan fingerprint density at radius 1 is 1.31 bits per heavy atom. The second-order valence-corrected chi connectivity index (χ2v) is 7.86. The van der Waals surface area contributed by atoms with Crippen molar-refractivity contribution in [1.29, 1.82) is 0 Å². The maximum atomic E-state index is 6.09. The third kappa shape index (κ3) is 5.29. The minimum absolute atomic E-state index is 0.155. The fourth-order valence-electron chi connectivity index (χ4n) is 3.25. The van der Waals surface area contributed by atoms with Gasteiger partial charge < -0.3 is 15.4 Å². The van der Waals surface area contributed by atoms with Gasteiger partial charge in [-0.1, -0.05) is 30.3 Å². The number of rotatable bonds is 6. The van der Waals surface area contributed by atoms with Gasteiger partial charge in [0.25, 0.3) is 0 Å². The van der Waals surface area contributed by atoms with Crippen molar-refractivity contribution in [2.45, 2.75) is 39.3 Å². The number of hydrogen-bond acceptors (Lipinski definition) is 4. The normalized spacial score (nSPS) is 20.8. The van der Waals surface area contributed by atoms with E-state index in [4.69, 9.17) is 4.74 Å². The van der Waals surface area contributed by atoms with Gasteiger partial charge in [0.1, 0.15) is 5.01 Å². The highest BCUT2D eigenvalue weighted by molar-refractivity contribution is 7.11. The lowest BCUT2D eigenvalue weighted by atomic mass is 9.89. The highest BCUT2D eigenvalue weighted by Crippen LogP contribution is 2.33. The quantitative estimate of drug-likeness (QED) is 0.600. The van der Waals surface area contributed by atoms with E-state index in [0.717, 1.165) is 43.5 Å². The molecule has 0 radical (unpaired) electrons. The first-order valence-electron chi connectivity index (χ1n) is 9.36. The van der Waals surface area contributed by atoms with Crippen molar-refractivity contribution in [2.75, 3.05) is 19.7 Å². The van der Waals surface area contributed by atoms with E-state index in [1.807, 2.05) is 6.20 Å². The second-order valence-electron chi connectivity index (χ2n) is 6.55. The molecule has 2 aromatic rings. The summed E-state index contributed by atoms with van der Waals surface area (Å²) in [5.74, 6) is 1.29. The van der Waals surface area contributed by atoms with Gasteiger partial charge in [-0.25, -0.2) is 9.98 Å². The van der Waals surface area contributed by atoms with E-state index in [1.165, 1.54) is 10.4 Å².